The minimum absolute atomic E-state index is 0.142. The Morgan fingerprint density at radius 3 is 2.86 bits per heavy atom. The number of hydrogen-bond acceptors (Lipinski definition) is 5. The van der Waals surface area contributed by atoms with Gasteiger partial charge in [-0.2, -0.15) is 0 Å². The number of rotatable bonds is 6. The highest BCUT2D eigenvalue weighted by molar-refractivity contribution is 5.90. The van der Waals surface area contributed by atoms with Crippen LogP contribution in [0.2, 0.25) is 0 Å². The topological polar surface area (TPSA) is 90.1 Å². The molecule has 0 bridgehead atoms. The second-order valence-electron chi connectivity index (χ2n) is 4.54. The van der Waals surface area contributed by atoms with Crippen molar-refractivity contribution >= 4 is 11.7 Å². The Morgan fingerprint density at radius 2 is 2.19 bits per heavy atom. The summed E-state index contributed by atoms with van der Waals surface area (Å²) in [5.41, 5.74) is 7.48. The number of carbonyl (C=O) groups is 1. The van der Waals surface area contributed by atoms with Crippen LogP contribution in [0.1, 0.15) is 28.5 Å². The molecule has 1 heterocycles. The van der Waals surface area contributed by atoms with Crippen LogP contribution in [0.5, 0.6) is 5.75 Å². The molecule has 0 aliphatic heterocycles. The lowest BCUT2D eigenvalue weighted by Gasteiger charge is -2.10. The van der Waals surface area contributed by atoms with Crippen LogP contribution in [0.3, 0.4) is 0 Å². The molecule has 0 saturated heterocycles. The smallest absolute Gasteiger partial charge is 0.268 e. The van der Waals surface area contributed by atoms with Gasteiger partial charge in [0.2, 0.25) is 0 Å². The standard InChI is InChI=1S/C15H18N4O2/c1-3-21-13-5-4-11(6-10(13)2)7-18-14-9-17-8-12(19-14)15(16)20/h4-6,8-9H,3,7H2,1-2H3,(H2,16,20)(H,18,19). The first-order valence-electron chi connectivity index (χ1n) is 6.68. The van der Waals surface area contributed by atoms with Crippen LogP contribution in [0.4, 0.5) is 5.82 Å². The zero-order valence-electron chi connectivity index (χ0n) is 12.1. The maximum Gasteiger partial charge on any atom is 0.268 e. The van der Waals surface area contributed by atoms with E-state index in [1.54, 1.807) is 6.20 Å². The SMILES string of the molecule is CCOc1ccc(CNc2cncc(C(N)=O)n2)cc1C. The first-order valence-corrected chi connectivity index (χ1v) is 6.68. The largest absolute Gasteiger partial charge is 0.494 e. The van der Waals surface area contributed by atoms with Crippen molar-refractivity contribution in [2.24, 2.45) is 5.73 Å². The first-order chi connectivity index (χ1) is 10.1. The Morgan fingerprint density at radius 1 is 1.38 bits per heavy atom. The van der Waals surface area contributed by atoms with Crippen molar-refractivity contribution in [1.82, 2.24) is 9.97 Å². The summed E-state index contributed by atoms with van der Waals surface area (Å²) >= 11 is 0. The van der Waals surface area contributed by atoms with Gasteiger partial charge in [0.1, 0.15) is 17.3 Å². The Bertz CT molecular complexity index is 643. The summed E-state index contributed by atoms with van der Waals surface area (Å²) in [4.78, 5) is 19.1. The van der Waals surface area contributed by atoms with E-state index >= 15 is 0 Å². The van der Waals surface area contributed by atoms with Crippen molar-refractivity contribution < 1.29 is 9.53 Å². The summed E-state index contributed by atoms with van der Waals surface area (Å²) in [5.74, 6) is 0.803. The molecule has 0 fully saturated rings. The molecule has 3 N–H and O–H groups in total. The van der Waals surface area contributed by atoms with E-state index in [0.717, 1.165) is 16.9 Å². The summed E-state index contributed by atoms with van der Waals surface area (Å²) in [6.45, 7) is 5.18. The highest BCUT2D eigenvalue weighted by Crippen LogP contribution is 2.19. The number of aromatic nitrogens is 2. The van der Waals surface area contributed by atoms with Crippen LogP contribution in [0, 0.1) is 6.92 Å². The number of anilines is 1. The summed E-state index contributed by atoms with van der Waals surface area (Å²) < 4.78 is 5.50. The van der Waals surface area contributed by atoms with E-state index in [0.29, 0.717) is 19.0 Å². The lowest BCUT2D eigenvalue weighted by atomic mass is 10.1. The summed E-state index contributed by atoms with van der Waals surface area (Å²) in [7, 11) is 0. The van der Waals surface area contributed by atoms with Gasteiger partial charge in [-0.15, -0.1) is 0 Å². The Balaban J connectivity index is 2.04. The van der Waals surface area contributed by atoms with Gasteiger partial charge in [0, 0.05) is 6.54 Å². The van der Waals surface area contributed by atoms with Crippen LogP contribution in [-0.4, -0.2) is 22.5 Å². The molecule has 21 heavy (non-hydrogen) atoms. The van der Waals surface area contributed by atoms with E-state index in [4.69, 9.17) is 10.5 Å². The molecular weight excluding hydrogens is 268 g/mol. The van der Waals surface area contributed by atoms with Gasteiger partial charge in [-0.3, -0.25) is 9.78 Å². The minimum atomic E-state index is -0.594. The fourth-order valence-electron chi connectivity index (χ4n) is 1.90. The molecule has 6 heteroatoms. The number of nitrogens with one attached hydrogen (secondary N) is 1. The maximum absolute atomic E-state index is 11.0. The number of amides is 1. The van der Waals surface area contributed by atoms with Crippen molar-refractivity contribution in [3.8, 4) is 5.75 Å². The molecule has 6 nitrogen and oxygen atoms in total. The molecule has 1 amide bonds. The number of carbonyl (C=O) groups excluding carboxylic acids is 1. The molecule has 1 aromatic carbocycles. The first kappa shape index (κ1) is 14.8. The van der Waals surface area contributed by atoms with E-state index < -0.39 is 5.91 Å². The zero-order chi connectivity index (χ0) is 15.2. The number of ether oxygens (including phenoxy) is 1. The molecule has 2 aromatic rings. The maximum atomic E-state index is 11.0. The molecule has 0 spiro atoms. The molecule has 0 unspecified atom stereocenters. The van der Waals surface area contributed by atoms with Gasteiger partial charge in [0.05, 0.1) is 19.0 Å². The average Bonchev–Trinajstić information content (AvgIpc) is 2.48. The number of nitrogens with two attached hydrogens (primary N) is 1. The molecular formula is C15H18N4O2. The highest BCUT2D eigenvalue weighted by Gasteiger charge is 2.05. The number of hydrogen-bond donors (Lipinski definition) is 2. The van der Waals surface area contributed by atoms with Crippen molar-refractivity contribution in [1.29, 1.82) is 0 Å². The third-order valence-corrected chi connectivity index (χ3v) is 2.90. The van der Waals surface area contributed by atoms with Gasteiger partial charge in [-0.1, -0.05) is 12.1 Å². The molecule has 0 saturated carbocycles. The minimum Gasteiger partial charge on any atom is -0.494 e. The third kappa shape index (κ3) is 3.92. The van der Waals surface area contributed by atoms with Gasteiger partial charge in [0.25, 0.3) is 5.91 Å². The summed E-state index contributed by atoms with van der Waals surface area (Å²) in [6.07, 6.45) is 2.89. The number of nitrogens with zero attached hydrogens (tertiary/aromatic N) is 2. The van der Waals surface area contributed by atoms with Gasteiger partial charge >= 0.3 is 0 Å². The van der Waals surface area contributed by atoms with Crippen LogP contribution in [0.25, 0.3) is 0 Å². The normalized spacial score (nSPS) is 10.2. The summed E-state index contributed by atoms with van der Waals surface area (Å²) in [6, 6.07) is 5.97. The molecule has 110 valence electrons. The van der Waals surface area contributed by atoms with E-state index in [1.165, 1.54) is 6.20 Å². The molecule has 0 aliphatic carbocycles. The number of benzene rings is 1. The van der Waals surface area contributed by atoms with E-state index in [9.17, 15) is 4.79 Å². The molecule has 0 atom stereocenters. The second-order valence-corrected chi connectivity index (χ2v) is 4.54. The Hall–Kier alpha value is -2.63. The fourth-order valence-corrected chi connectivity index (χ4v) is 1.90. The van der Waals surface area contributed by atoms with Gasteiger partial charge in [-0.25, -0.2) is 4.98 Å². The van der Waals surface area contributed by atoms with Gasteiger partial charge in [-0.05, 0) is 31.0 Å². The predicted octanol–water partition coefficient (Wildman–Crippen LogP) is 1.89. The summed E-state index contributed by atoms with van der Waals surface area (Å²) in [5, 5.41) is 3.11. The lowest BCUT2D eigenvalue weighted by Crippen LogP contribution is -2.14. The number of primary amides is 1. The van der Waals surface area contributed by atoms with Gasteiger partial charge in [0.15, 0.2) is 0 Å². The predicted molar refractivity (Wildman–Crippen MR) is 80.2 cm³/mol. The average molecular weight is 286 g/mol. The molecule has 2 rings (SSSR count). The van der Waals surface area contributed by atoms with E-state index in [1.807, 2.05) is 32.0 Å². The van der Waals surface area contributed by atoms with E-state index in [-0.39, 0.29) is 5.69 Å². The Labute approximate surface area is 123 Å². The number of aryl methyl sites for hydroxylation is 1. The van der Waals surface area contributed by atoms with Crippen LogP contribution in [0.15, 0.2) is 30.6 Å². The van der Waals surface area contributed by atoms with Crippen molar-refractivity contribution in [3.05, 3.63) is 47.4 Å². The van der Waals surface area contributed by atoms with E-state index in [2.05, 4.69) is 15.3 Å². The third-order valence-electron chi connectivity index (χ3n) is 2.90. The zero-order valence-corrected chi connectivity index (χ0v) is 12.1. The quantitative estimate of drug-likeness (QED) is 0.846. The highest BCUT2D eigenvalue weighted by atomic mass is 16.5. The van der Waals surface area contributed by atoms with Crippen LogP contribution < -0.4 is 15.8 Å². The van der Waals surface area contributed by atoms with Crippen molar-refractivity contribution in [3.63, 3.8) is 0 Å². The lowest BCUT2D eigenvalue weighted by molar-refractivity contribution is 0.0995. The monoisotopic (exact) mass is 286 g/mol. The molecule has 0 aliphatic rings. The Kier molecular flexibility index (Phi) is 4.71. The van der Waals surface area contributed by atoms with Crippen molar-refractivity contribution in [2.75, 3.05) is 11.9 Å². The van der Waals surface area contributed by atoms with Crippen molar-refractivity contribution in [2.45, 2.75) is 20.4 Å². The molecule has 1 aromatic heterocycles. The fraction of sp³-hybridized carbons (Fsp3) is 0.267. The van der Waals surface area contributed by atoms with Crippen LogP contribution >= 0.6 is 0 Å². The van der Waals surface area contributed by atoms with Crippen LogP contribution in [-0.2, 0) is 6.54 Å². The second kappa shape index (κ2) is 6.69. The van der Waals surface area contributed by atoms with Gasteiger partial charge < -0.3 is 15.8 Å². The molecule has 0 radical (unpaired) electrons.